The van der Waals surface area contributed by atoms with Crippen LogP contribution in [0.15, 0.2) is 42.6 Å². The van der Waals surface area contributed by atoms with Crippen molar-refractivity contribution in [1.29, 1.82) is 0 Å². The topological polar surface area (TPSA) is 90.5 Å². The number of carbonyl (C=O) groups is 2. The van der Waals surface area contributed by atoms with E-state index in [-0.39, 0.29) is 12.4 Å². The van der Waals surface area contributed by atoms with Crippen LogP contribution in [0.1, 0.15) is 43.2 Å². The lowest BCUT2D eigenvalue weighted by Gasteiger charge is -2.30. The van der Waals surface area contributed by atoms with E-state index in [1.165, 1.54) is 0 Å². The molecule has 2 aromatic heterocycles. The lowest BCUT2D eigenvalue weighted by atomic mass is 10.0. The lowest BCUT2D eigenvalue weighted by Crippen LogP contribution is -2.33. The van der Waals surface area contributed by atoms with Gasteiger partial charge < -0.3 is 19.9 Å². The second-order valence-corrected chi connectivity index (χ2v) is 7.67. The van der Waals surface area contributed by atoms with Gasteiger partial charge in [-0.25, -0.2) is 9.78 Å². The van der Waals surface area contributed by atoms with Gasteiger partial charge in [0.05, 0.1) is 23.8 Å². The quantitative estimate of drug-likeness (QED) is 0.603. The number of amides is 1. The number of hydrogen-bond donors (Lipinski definition) is 1. The van der Waals surface area contributed by atoms with E-state index in [9.17, 15) is 22.8 Å². The second-order valence-electron chi connectivity index (χ2n) is 7.67. The molecule has 33 heavy (non-hydrogen) atoms. The summed E-state index contributed by atoms with van der Waals surface area (Å²) >= 11 is 0. The number of aromatic nitrogens is 2. The second kappa shape index (κ2) is 8.27. The van der Waals surface area contributed by atoms with Gasteiger partial charge in [-0.2, -0.15) is 13.2 Å². The number of esters is 1. The Balaban J connectivity index is 1.79. The summed E-state index contributed by atoms with van der Waals surface area (Å²) in [4.78, 5) is 29.8. The van der Waals surface area contributed by atoms with Crippen LogP contribution in [0.3, 0.4) is 0 Å². The molecule has 0 spiro atoms. The normalized spacial score (nSPS) is 13.5. The highest BCUT2D eigenvalue weighted by molar-refractivity contribution is 5.96. The SMILES string of the molecule is COC(=O)c1cnc(N2CCc3c(c(C(N)=O)c(C)n3-c3ccccc3)C2)cc1C(F)(F)F. The number of fused-ring (bicyclic) bond motifs is 1. The van der Waals surface area contributed by atoms with E-state index < -0.39 is 29.2 Å². The Kier molecular flexibility index (Phi) is 5.61. The number of methoxy groups -OCH3 is 1. The number of primary amides is 1. The predicted molar refractivity (Wildman–Crippen MR) is 114 cm³/mol. The first kappa shape index (κ1) is 22.4. The lowest BCUT2D eigenvalue weighted by molar-refractivity contribution is -0.138. The maximum Gasteiger partial charge on any atom is 0.417 e. The van der Waals surface area contributed by atoms with Gasteiger partial charge in [0.25, 0.3) is 5.91 Å². The third-order valence-corrected chi connectivity index (χ3v) is 5.77. The summed E-state index contributed by atoms with van der Waals surface area (Å²) in [5, 5.41) is 0. The molecular weight excluding hydrogens is 437 g/mol. The number of rotatable bonds is 4. The van der Waals surface area contributed by atoms with Gasteiger partial charge in [-0.1, -0.05) is 18.2 Å². The highest BCUT2D eigenvalue weighted by Gasteiger charge is 2.37. The van der Waals surface area contributed by atoms with Crippen molar-refractivity contribution in [3.05, 3.63) is 76.2 Å². The summed E-state index contributed by atoms with van der Waals surface area (Å²) in [6.07, 6.45) is -3.44. The van der Waals surface area contributed by atoms with Crippen molar-refractivity contribution in [3.8, 4) is 5.69 Å². The van der Waals surface area contributed by atoms with Crippen LogP contribution < -0.4 is 10.6 Å². The highest BCUT2D eigenvalue weighted by atomic mass is 19.4. The fraction of sp³-hybridized carbons (Fsp3) is 0.261. The van der Waals surface area contributed by atoms with E-state index in [0.717, 1.165) is 30.8 Å². The first-order valence-corrected chi connectivity index (χ1v) is 10.1. The van der Waals surface area contributed by atoms with Gasteiger partial charge in [0, 0.05) is 48.3 Å². The summed E-state index contributed by atoms with van der Waals surface area (Å²) in [6, 6.07) is 10.3. The van der Waals surface area contributed by atoms with E-state index in [2.05, 4.69) is 9.72 Å². The van der Waals surface area contributed by atoms with Gasteiger partial charge in [0.1, 0.15) is 5.82 Å². The van der Waals surface area contributed by atoms with Gasteiger partial charge in [-0.15, -0.1) is 0 Å². The summed E-state index contributed by atoms with van der Waals surface area (Å²) in [5.41, 5.74) is 7.32. The molecule has 10 heteroatoms. The van der Waals surface area contributed by atoms with Gasteiger partial charge in [-0.05, 0) is 25.1 Å². The molecule has 1 amide bonds. The zero-order chi connectivity index (χ0) is 23.9. The molecule has 0 saturated carbocycles. The molecule has 0 aliphatic carbocycles. The molecule has 3 heterocycles. The fourth-order valence-electron chi connectivity index (χ4n) is 4.33. The summed E-state index contributed by atoms with van der Waals surface area (Å²) in [7, 11) is 1.01. The largest absolute Gasteiger partial charge is 0.465 e. The Morgan fingerprint density at radius 3 is 2.48 bits per heavy atom. The van der Waals surface area contributed by atoms with Crippen LogP contribution in [0.5, 0.6) is 0 Å². The molecule has 1 aromatic carbocycles. The molecule has 0 saturated heterocycles. The van der Waals surface area contributed by atoms with Crippen molar-refractivity contribution in [1.82, 2.24) is 9.55 Å². The van der Waals surface area contributed by atoms with E-state index in [1.54, 1.807) is 11.8 Å². The number of ether oxygens (including phenoxy) is 1. The van der Waals surface area contributed by atoms with Crippen LogP contribution in [0.4, 0.5) is 19.0 Å². The predicted octanol–water partition coefficient (Wildman–Crippen LogP) is 3.65. The van der Waals surface area contributed by atoms with Crippen molar-refractivity contribution in [3.63, 3.8) is 0 Å². The van der Waals surface area contributed by atoms with Crippen LogP contribution in [-0.2, 0) is 23.9 Å². The number of para-hydroxylation sites is 1. The molecule has 1 aliphatic rings. The maximum atomic E-state index is 13.6. The standard InChI is InChI=1S/C23H21F3N4O3/c1-13-20(21(27)31)16-12-29(9-8-18(16)30(13)14-6-4-3-5-7-14)19-10-17(23(24,25)26)15(11-28-19)22(32)33-2/h3-7,10-11H,8-9,12H2,1-2H3,(H2,27,31). The Hall–Kier alpha value is -3.82. The van der Waals surface area contributed by atoms with Crippen LogP contribution >= 0.6 is 0 Å². The maximum absolute atomic E-state index is 13.6. The van der Waals surface area contributed by atoms with Gasteiger partial charge in [-0.3, -0.25) is 4.79 Å². The minimum atomic E-state index is -4.77. The van der Waals surface area contributed by atoms with Crippen LogP contribution in [-0.4, -0.2) is 35.1 Å². The average Bonchev–Trinajstić information content (AvgIpc) is 3.09. The van der Waals surface area contributed by atoms with Crippen LogP contribution in [0.25, 0.3) is 5.69 Å². The molecule has 0 bridgehead atoms. The fourth-order valence-corrected chi connectivity index (χ4v) is 4.33. The van der Waals surface area contributed by atoms with Gasteiger partial charge in [0.15, 0.2) is 0 Å². The monoisotopic (exact) mass is 458 g/mol. The number of nitrogens with zero attached hydrogens (tertiary/aromatic N) is 3. The third-order valence-electron chi connectivity index (χ3n) is 5.77. The van der Waals surface area contributed by atoms with Crippen molar-refractivity contribution < 1.29 is 27.5 Å². The van der Waals surface area contributed by atoms with Gasteiger partial charge in [0.2, 0.25) is 0 Å². The molecule has 0 atom stereocenters. The Bertz CT molecular complexity index is 1240. The Morgan fingerprint density at radius 2 is 1.88 bits per heavy atom. The minimum Gasteiger partial charge on any atom is -0.465 e. The molecular formula is C23H21F3N4O3. The molecule has 0 fully saturated rings. The average molecular weight is 458 g/mol. The molecule has 0 radical (unpaired) electrons. The number of pyridine rings is 1. The number of alkyl halides is 3. The van der Waals surface area contributed by atoms with E-state index in [4.69, 9.17) is 5.73 Å². The Morgan fingerprint density at radius 1 is 1.18 bits per heavy atom. The van der Waals surface area contributed by atoms with E-state index >= 15 is 0 Å². The number of hydrogen-bond acceptors (Lipinski definition) is 5. The molecule has 172 valence electrons. The molecule has 1 aliphatic heterocycles. The molecule has 7 nitrogen and oxygen atoms in total. The molecule has 4 rings (SSSR count). The first-order chi connectivity index (χ1) is 15.6. The zero-order valence-corrected chi connectivity index (χ0v) is 17.9. The van der Waals surface area contributed by atoms with E-state index in [1.807, 2.05) is 34.9 Å². The van der Waals surface area contributed by atoms with Crippen LogP contribution in [0.2, 0.25) is 0 Å². The summed E-state index contributed by atoms with van der Waals surface area (Å²) in [5.74, 6) is -1.68. The van der Waals surface area contributed by atoms with Crippen molar-refractivity contribution in [2.24, 2.45) is 5.73 Å². The minimum absolute atomic E-state index is 0.0427. The number of anilines is 1. The Labute approximate surface area is 187 Å². The molecule has 3 aromatic rings. The number of halogens is 3. The van der Waals surface area contributed by atoms with Crippen molar-refractivity contribution in [2.75, 3.05) is 18.6 Å². The smallest absolute Gasteiger partial charge is 0.417 e. The number of benzene rings is 1. The summed E-state index contributed by atoms with van der Waals surface area (Å²) in [6.45, 7) is 2.31. The first-order valence-electron chi connectivity index (χ1n) is 10.1. The van der Waals surface area contributed by atoms with Gasteiger partial charge >= 0.3 is 12.1 Å². The number of carbonyl (C=O) groups excluding carboxylic acids is 2. The summed E-state index contributed by atoms with van der Waals surface area (Å²) < 4.78 is 47.3. The number of nitrogens with two attached hydrogens (primary N) is 1. The van der Waals surface area contributed by atoms with Crippen molar-refractivity contribution in [2.45, 2.75) is 26.1 Å². The highest BCUT2D eigenvalue weighted by Crippen LogP contribution is 2.36. The zero-order valence-electron chi connectivity index (χ0n) is 17.9. The third kappa shape index (κ3) is 3.92. The van der Waals surface area contributed by atoms with Crippen molar-refractivity contribution >= 4 is 17.7 Å². The van der Waals surface area contributed by atoms with Crippen LogP contribution in [0, 0.1) is 6.92 Å². The molecule has 0 unspecified atom stereocenters. The van der Waals surface area contributed by atoms with E-state index in [0.29, 0.717) is 29.8 Å². The molecule has 2 N–H and O–H groups in total.